The number of nitrogens with two attached hydrogens (primary N) is 1. The Bertz CT molecular complexity index is 464. The molecule has 0 aromatic heterocycles. The molecule has 19 heavy (non-hydrogen) atoms. The Hall–Kier alpha value is -2.14. The first-order valence-electron chi connectivity index (χ1n) is 6.04. The molecule has 0 aliphatic carbocycles. The molecule has 1 amide bonds. The zero-order chi connectivity index (χ0) is 14.3. The third kappa shape index (κ3) is 5.35. The van der Waals surface area contributed by atoms with E-state index in [-0.39, 0.29) is 11.9 Å². The summed E-state index contributed by atoms with van der Waals surface area (Å²) >= 11 is 0. The van der Waals surface area contributed by atoms with E-state index < -0.39 is 6.04 Å². The van der Waals surface area contributed by atoms with Gasteiger partial charge in [0.25, 0.3) is 0 Å². The van der Waals surface area contributed by atoms with Crippen LogP contribution in [0.5, 0.6) is 0 Å². The lowest BCUT2D eigenvalue weighted by molar-refractivity contribution is -0.137. The predicted molar refractivity (Wildman–Crippen MR) is 74.4 cm³/mol. The molecule has 1 atom stereocenters. The molecule has 3 N–H and O–H groups in total. The monoisotopic (exact) mass is 262 g/mol. The van der Waals surface area contributed by atoms with Crippen LogP contribution in [0.4, 0.5) is 5.69 Å². The molecule has 1 aromatic carbocycles. The van der Waals surface area contributed by atoms with Crippen LogP contribution < -0.4 is 11.1 Å². The SMILES string of the molecule is CCOC(=O)/C=C/c1ccc(NC(=O)[C@H](C)N)cc1. The molecule has 0 saturated carbocycles. The molecular weight excluding hydrogens is 244 g/mol. The van der Waals surface area contributed by atoms with E-state index in [0.29, 0.717) is 12.3 Å². The zero-order valence-electron chi connectivity index (χ0n) is 11.1. The summed E-state index contributed by atoms with van der Waals surface area (Å²) in [6.45, 7) is 3.72. The largest absolute Gasteiger partial charge is 0.463 e. The van der Waals surface area contributed by atoms with Crippen molar-refractivity contribution in [2.24, 2.45) is 5.73 Å². The Kier molecular flexibility index (Phi) is 5.75. The Morgan fingerprint density at radius 2 is 2.00 bits per heavy atom. The smallest absolute Gasteiger partial charge is 0.330 e. The number of carbonyl (C=O) groups excluding carboxylic acids is 2. The van der Waals surface area contributed by atoms with Gasteiger partial charge in [-0.05, 0) is 37.6 Å². The minimum absolute atomic E-state index is 0.241. The number of anilines is 1. The highest BCUT2D eigenvalue weighted by Gasteiger charge is 2.06. The number of rotatable bonds is 5. The molecule has 0 bridgehead atoms. The first-order chi connectivity index (χ1) is 9.02. The van der Waals surface area contributed by atoms with Crippen LogP contribution >= 0.6 is 0 Å². The van der Waals surface area contributed by atoms with E-state index in [1.54, 1.807) is 44.2 Å². The van der Waals surface area contributed by atoms with Crippen molar-refractivity contribution in [3.8, 4) is 0 Å². The van der Waals surface area contributed by atoms with Crippen LogP contribution in [0.15, 0.2) is 30.3 Å². The van der Waals surface area contributed by atoms with Gasteiger partial charge in [-0.15, -0.1) is 0 Å². The van der Waals surface area contributed by atoms with Crippen LogP contribution in [0, 0.1) is 0 Å². The number of ether oxygens (including phenoxy) is 1. The second-order valence-corrected chi connectivity index (χ2v) is 3.99. The summed E-state index contributed by atoms with van der Waals surface area (Å²) in [6, 6.07) is 6.50. The van der Waals surface area contributed by atoms with Crippen LogP contribution in [0.3, 0.4) is 0 Å². The van der Waals surface area contributed by atoms with Gasteiger partial charge >= 0.3 is 5.97 Å². The van der Waals surface area contributed by atoms with E-state index in [2.05, 4.69) is 5.32 Å². The lowest BCUT2D eigenvalue weighted by atomic mass is 10.2. The maximum atomic E-state index is 11.4. The quantitative estimate of drug-likeness (QED) is 0.623. The summed E-state index contributed by atoms with van der Waals surface area (Å²) < 4.78 is 4.77. The topological polar surface area (TPSA) is 81.4 Å². The van der Waals surface area contributed by atoms with E-state index >= 15 is 0 Å². The molecule has 0 heterocycles. The van der Waals surface area contributed by atoms with Gasteiger partial charge in [0.15, 0.2) is 0 Å². The Balaban J connectivity index is 2.61. The lowest BCUT2D eigenvalue weighted by Gasteiger charge is -2.07. The maximum Gasteiger partial charge on any atom is 0.330 e. The lowest BCUT2D eigenvalue weighted by Crippen LogP contribution is -2.32. The number of hydrogen-bond acceptors (Lipinski definition) is 4. The average Bonchev–Trinajstić information content (AvgIpc) is 2.38. The summed E-state index contributed by atoms with van der Waals surface area (Å²) in [7, 11) is 0. The fourth-order valence-electron chi connectivity index (χ4n) is 1.29. The maximum absolute atomic E-state index is 11.4. The minimum atomic E-state index is -0.552. The van der Waals surface area contributed by atoms with Crippen molar-refractivity contribution >= 4 is 23.6 Å². The van der Waals surface area contributed by atoms with Crippen LogP contribution in [0.1, 0.15) is 19.4 Å². The van der Waals surface area contributed by atoms with Crippen molar-refractivity contribution in [2.75, 3.05) is 11.9 Å². The third-order valence-corrected chi connectivity index (χ3v) is 2.29. The summed E-state index contributed by atoms with van der Waals surface area (Å²) in [5.74, 6) is -0.619. The second kappa shape index (κ2) is 7.33. The molecule has 0 aliphatic rings. The number of amides is 1. The Morgan fingerprint density at radius 3 is 2.53 bits per heavy atom. The average molecular weight is 262 g/mol. The van der Waals surface area contributed by atoms with Crippen molar-refractivity contribution in [2.45, 2.75) is 19.9 Å². The van der Waals surface area contributed by atoms with Gasteiger partial charge in [-0.25, -0.2) is 4.79 Å². The summed E-state index contributed by atoms with van der Waals surface area (Å²) in [5.41, 5.74) is 6.95. The Morgan fingerprint density at radius 1 is 1.37 bits per heavy atom. The molecule has 0 spiro atoms. The molecule has 0 aliphatic heterocycles. The van der Waals surface area contributed by atoms with E-state index in [0.717, 1.165) is 5.56 Å². The van der Waals surface area contributed by atoms with Gasteiger partial charge in [0, 0.05) is 11.8 Å². The fourth-order valence-corrected chi connectivity index (χ4v) is 1.29. The molecular formula is C14H18N2O3. The molecule has 5 heteroatoms. The number of carbonyl (C=O) groups is 2. The standard InChI is InChI=1S/C14H18N2O3/c1-3-19-13(17)9-6-11-4-7-12(8-5-11)16-14(18)10(2)15/h4-10H,3,15H2,1-2H3,(H,16,18)/b9-6+/t10-/m0/s1. The van der Waals surface area contributed by atoms with Crippen LogP contribution in [0.2, 0.25) is 0 Å². The van der Waals surface area contributed by atoms with E-state index in [4.69, 9.17) is 10.5 Å². The molecule has 0 unspecified atom stereocenters. The molecule has 5 nitrogen and oxygen atoms in total. The van der Waals surface area contributed by atoms with Gasteiger partial charge in [-0.2, -0.15) is 0 Å². The summed E-state index contributed by atoms with van der Waals surface area (Å²) in [5, 5.41) is 2.67. The van der Waals surface area contributed by atoms with Crippen LogP contribution in [0.25, 0.3) is 6.08 Å². The first-order valence-corrected chi connectivity index (χ1v) is 6.04. The molecule has 102 valence electrons. The van der Waals surface area contributed by atoms with Crippen molar-refractivity contribution in [1.29, 1.82) is 0 Å². The molecule has 1 aromatic rings. The van der Waals surface area contributed by atoms with Crippen LogP contribution in [-0.4, -0.2) is 24.5 Å². The third-order valence-electron chi connectivity index (χ3n) is 2.29. The number of hydrogen-bond donors (Lipinski definition) is 2. The van der Waals surface area contributed by atoms with Crippen molar-refractivity contribution in [3.05, 3.63) is 35.9 Å². The van der Waals surface area contributed by atoms with Gasteiger partial charge in [0.2, 0.25) is 5.91 Å². The highest BCUT2D eigenvalue weighted by Crippen LogP contribution is 2.11. The van der Waals surface area contributed by atoms with Gasteiger partial charge in [0.05, 0.1) is 12.6 Å². The van der Waals surface area contributed by atoms with Crippen molar-refractivity contribution in [3.63, 3.8) is 0 Å². The van der Waals surface area contributed by atoms with Gasteiger partial charge in [0.1, 0.15) is 0 Å². The first kappa shape index (κ1) is 14.9. The predicted octanol–water partition coefficient (Wildman–Crippen LogP) is 1.55. The highest BCUT2D eigenvalue weighted by atomic mass is 16.5. The van der Waals surface area contributed by atoms with Gasteiger partial charge < -0.3 is 15.8 Å². The van der Waals surface area contributed by atoms with Gasteiger partial charge in [-0.3, -0.25) is 4.79 Å². The molecule has 0 radical (unpaired) electrons. The van der Waals surface area contributed by atoms with E-state index in [9.17, 15) is 9.59 Å². The Labute approximate surface area is 112 Å². The van der Waals surface area contributed by atoms with Gasteiger partial charge in [-0.1, -0.05) is 12.1 Å². The normalized spacial score (nSPS) is 12.2. The van der Waals surface area contributed by atoms with E-state index in [1.807, 2.05) is 0 Å². The number of esters is 1. The number of nitrogens with one attached hydrogen (secondary N) is 1. The summed E-state index contributed by atoms with van der Waals surface area (Å²) in [6.07, 6.45) is 3.01. The molecule has 0 saturated heterocycles. The fraction of sp³-hybridized carbons (Fsp3) is 0.286. The second-order valence-electron chi connectivity index (χ2n) is 3.99. The van der Waals surface area contributed by atoms with Crippen molar-refractivity contribution < 1.29 is 14.3 Å². The van der Waals surface area contributed by atoms with Crippen LogP contribution in [-0.2, 0) is 14.3 Å². The van der Waals surface area contributed by atoms with Crippen molar-refractivity contribution in [1.82, 2.24) is 0 Å². The van der Waals surface area contributed by atoms with E-state index in [1.165, 1.54) is 6.08 Å². The molecule has 0 fully saturated rings. The molecule has 1 rings (SSSR count). The highest BCUT2D eigenvalue weighted by molar-refractivity contribution is 5.94. The zero-order valence-corrected chi connectivity index (χ0v) is 11.1. The minimum Gasteiger partial charge on any atom is -0.463 e. The number of benzene rings is 1. The summed E-state index contributed by atoms with van der Waals surface area (Å²) in [4.78, 5) is 22.5.